The second kappa shape index (κ2) is 7.79. The molecule has 4 heteroatoms. The van der Waals surface area contributed by atoms with Crippen LogP contribution >= 0.6 is 0 Å². The summed E-state index contributed by atoms with van der Waals surface area (Å²) < 4.78 is 5.61. The molecule has 2 N–H and O–H groups in total. The maximum Gasteiger partial charge on any atom is 0.222 e. The van der Waals surface area contributed by atoms with Crippen LogP contribution in [0.3, 0.4) is 0 Å². The van der Waals surface area contributed by atoms with E-state index in [1.54, 1.807) is 11.9 Å². The van der Waals surface area contributed by atoms with Crippen molar-refractivity contribution in [2.24, 2.45) is 5.73 Å². The molecule has 106 valence electrons. The van der Waals surface area contributed by atoms with Gasteiger partial charge in [0.15, 0.2) is 0 Å². The molecule has 0 aliphatic rings. The van der Waals surface area contributed by atoms with Gasteiger partial charge in [0.2, 0.25) is 5.91 Å². The molecule has 0 radical (unpaired) electrons. The third-order valence-corrected chi connectivity index (χ3v) is 2.92. The molecular formula is C15H24N2O2. The van der Waals surface area contributed by atoms with Gasteiger partial charge in [-0.2, -0.15) is 0 Å². The smallest absolute Gasteiger partial charge is 0.222 e. The van der Waals surface area contributed by atoms with E-state index in [-0.39, 0.29) is 11.9 Å². The molecule has 1 amide bonds. The highest BCUT2D eigenvalue weighted by Gasteiger charge is 2.09. The Labute approximate surface area is 115 Å². The van der Waals surface area contributed by atoms with Gasteiger partial charge in [-0.05, 0) is 38.0 Å². The molecule has 0 aliphatic carbocycles. The van der Waals surface area contributed by atoms with E-state index < -0.39 is 0 Å². The predicted molar refractivity (Wildman–Crippen MR) is 77.2 cm³/mol. The van der Waals surface area contributed by atoms with Crippen molar-refractivity contribution in [2.75, 3.05) is 20.2 Å². The summed E-state index contributed by atoms with van der Waals surface area (Å²) in [7, 11) is 1.79. The number of ether oxygens (including phenoxy) is 1. The van der Waals surface area contributed by atoms with Crippen molar-refractivity contribution in [1.29, 1.82) is 0 Å². The number of hydrogen-bond donors (Lipinski definition) is 1. The minimum atomic E-state index is 0.0703. The van der Waals surface area contributed by atoms with Gasteiger partial charge in [0.1, 0.15) is 12.4 Å². The minimum absolute atomic E-state index is 0.0703. The molecule has 1 rings (SSSR count). The average molecular weight is 264 g/mol. The number of nitrogens with two attached hydrogens (primary N) is 1. The third-order valence-electron chi connectivity index (χ3n) is 2.92. The molecule has 0 bridgehead atoms. The molecular weight excluding hydrogens is 240 g/mol. The molecule has 1 atom stereocenters. The van der Waals surface area contributed by atoms with Gasteiger partial charge in [-0.3, -0.25) is 4.79 Å². The summed E-state index contributed by atoms with van der Waals surface area (Å²) in [5.41, 5.74) is 6.80. The first-order valence-corrected chi connectivity index (χ1v) is 6.68. The lowest BCUT2D eigenvalue weighted by Gasteiger charge is -2.18. The van der Waals surface area contributed by atoms with Crippen LogP contribution in [0.2, 0.25) is 0 Å². The number of nitrogens with zero attached hydrogens (tertiary/aromatic N) is 1. The molecule has 0 saturated carbocycles. The van der Waals surface area contributed by atoms with Crippen molar-refractivity contribution in [2.45, 2.75) is 32.7 Å². The van der Waals surface area contributed by atoms with Crippen molar-refractivity contribution in [3.8, 4) is 5.75 Å². The standard InChI is InChI=1S/C15H24N2O2/c1-12-5-4-6-14(11-12)19-10-9-17(3)15(18)8-7-13(2)16/h4-6,11,13H,7-10,16H2,1-3H3. The van der Waals surface area contributed by atoms with Gasteiger partial charge in [-0.15, -0.1) is 0 Å². The lowest BCUT2D eigenvalue weighted by molar-refractivity contribution is -0.130. The van der Waals surface area contributed by atoms with Crippen molar-refractivity contribution in [1.82, 2.24) is 4.90 Å². The first kappa shape index (κ1) is 15.5. The van der Waals surface area contributed by atoms with Gasteiger partial charge in [-0.1, -0.05) is 12.1 Å². The summed E-state index contributed by atoms with van der Waals surface area (Å²) >= 11 is 0. The van der Waals surface area contributed by atoms with Gasteiger partial charge in [0.25, 0.3) is 0 Å². The van der Waals surface area contributed by atoms with E-state index in [1.807, 2.05) is 38.1 Å². The number of hydrogen-bond acceptors (Lipinski definition) is 3. The highest BCUT2D eigenvalue weighted by molar-refractivity contribution is 5.75. The van der Waals surface area contributed by atoms with Gasteiger partial charge in [-0.25, -0.2) is 0 Å². The fraction of sp³-hybridized carbons (Fsp3) is 0.533. The second-order valence-electron chi connectivity index (χ2n) is 5.00. The van der Waals surface area contributed by atoms with Crippen LogP contribution < -0.4 is 10.5 Å². The zero-order valence-electron chi connectivity index (χ0n) is 12.1. The number of carbonyl (C=O) groups excluding carboxylic acids is 1. The topological polar surface area (TPSA) is 55.6 Å². The Balaban J connectivity index is 2.26. The van der Waals surface area contributed by atoms with Crippen LogP contribution in [0.5, 0.6) is 5.75 Å². The summed E-state index contributed by atoms with van der Waals surface area (Å²) in [6.07, 6.45) is 1.22. The van der Waals surface area contributed by atoms with Crippen molar-refractivity contribution < 1.29 is 9.53 Å². The Bertz CT molecular complexity index is 405. The highest BCUT2D eigenvalue weighted by Crippen LogP contribution is 2.12. The summed E-state index contributed by atoms with van der Waals surface area (Å²) in [6, 6.07) is 7.96. The molecule has 0 aromatic heterocycles. The lowest BCUT2D eigenvalue weighted by Crippen LogP contribution is -2.31. The zero-order valence-corrected chi connectivity index (χ0v) is 12.1. The molecule has 1 aromatic rings. The number of likely N-dealkylation sites (N-methyl/N-ethyl adjacent to an activating group) is 1. The molecule has 1 unspecified atom stereocenters. The Kier molecular flexibility index (Phi) is 6.36. The molecule has 0 spiro atoms. The number of benzene rings is 1. The Morgan fingerprint density at radius 2 is 2.21 bits per heavy atom. The fourth-order valence-corrected chi connectivity index (χ4v) is 1.67. The summed E-state index contributed by atoms with van der Waals surface area (Å²) in [5.74, 6) is 0.960. The average Bonchev–Trinajstić information content (AvgIpc) is 2.35. The first-order chi connectivity index (χ1) is 8.99. The number of rotatable bonds is 7. The van der Waals surface area contributed by atoms with E-state index in [1.165, 1.54) is 5.56 Å². The van der Waals surface area contributed by atoms with Crippen LogP contribution in [0.25, 0.3) is 0 Å². The van der Waals surface area contributed by atoms with Crippen LogP contribution in [0.4, 0.5) is 0 Å². The minimum Gasteiger partial charge on any atom is -0.492 e. The van der Waals surface area contributed by atoms with E-state index in [0.29, 0.717) is 19.6 Å². The fourth-order valence-electron chi connectivity index (χ4n) is 1.67. The van der Waals surface area contributed by atoms with E-state index in [9.17, 15) is 4.79 Å². The second-order valence-corrected chi connectivity index (χ2v) is 5.00. The maximum absolute atomic E-state index is 11.8. The number of amides is 1. The molecule has 4 nitrogen and oxygen atoms in total. The molecule has 0 aliphatic heterocycles. The van der Waals surface area contributed by atoms with Crippen LogP contribution in [-0.4, -0.2) is 37.0 Å². The molecule has 0 fully saturated rings. The van der Waals surface area contributed by atoms with Crippen molar-refractivity contribution >= 4 is 5.91 Å². The van der Waals surface area contributed by atoms with Gasteiger partial charge in [0, 0.05) is 19.5 Å². The van der Waals surface area contributed by atoms with E-state index in [0.717, 1.165) is 12.2 Å². The normalized spacial score (nSPS) is 12.0. The maximum atomic E-state index is 11.8. The van der Waals surface area contributed by atoms with Crippen LogP contribution in [-0.2, 0) is 4.79 Å². The number of aryl methyl sites for hydroxylation is 1. The predicted octanol–water partition coefficient (Wildman–Crippen LogP) is 1.96. The molecule has 0 saturated heterocycles. The van der Waals surface area contributed by atoms with E-state index in [2.05, 4.69) is 0 Å². The monoisotopic (exact) mass is 264 g/mol. The van der Waals surface area contributed by atoms with Gasteiger partial charge >= 0.3 is 0 Å². The first-order valence-electron chi connectivity index (χ1n) is 6.68. The summed E-state index contributed by atoms with van der Waals surface area (Å²) in [4.78, 5) is 13.5. The van der Waals surface area contributed by atoms with E-state index in [4.69, 9.17) is 10.5 Å². The van der Waals surface area contributed by atoms with Crippen LogP contribution in [0, 0.1) is 6.92 Å². The molecule has 1 aromatic carbocycles. The Morgan fingerprint density at radius 3 is 2.84 bits per heavy atom. The van der Waals surface area contributed by atoms with Crippen molar-refractivity contribution in [3.63, 3.8) is 0 Å². The van der Waals surface area contributed by atoms with E-state index >= 15 is 0 Å². The zero-order chi connectivity index (χ0) is 14.3. The number of carbonyl (C=O) groups is 1. The lowest BCUT2D eigenvalue weighted by atomic mass is 10.2. The third kappa shape index (κ3) is 6.25. The molecule has 19 heavy (non-hydrogen) atoms. The quantitative estimate of drug-likeness (QED) is 0.819. The largest absolute Gasteiger partial charge is 0.492 e. The Morgan fingerprint density at radius 1 is 1.47 bits per heavy atom. The molecule has 0 heterocycles. The Hall–Kier alpha value is -1.55. The summed E-state index contributed by atoms with van der Waals surface area (Å²) in [5, 5.41) is 0. The highest BCUT2D eigenvalue weighted by atomic mass is 16.5. The van der Waals surface area contributed by atoms with Gasteiger partial charge < -0.3 is 15.4 Å². The summed E-state index contributed by atoms with van der Waals surface area (Å²) in [6.45, 7) is 5.03. The SMILES string of the molecule is Cc1cccc(OCCN(C)C(=O)CCC(C)N)c1. The van der Waals surface area contributed by atoms with Crippen molar-refractivity contribution in [3.05, 3.63) is 29.8 Å². The van der Waals surface area contributed by atoms with Crippen LogP contribution in [0.15, 0.2) is 24.3 Å². The van der Waals surface area contributed by atoms with Gasteiger partial charge in [0.05, 0.1) is 6.54 Å². The van der Waals surface area contributed by atoms with Crippen LogP contribution in [0.1, 0.15) is 25.3 Å².